The third-order valence-electron chi connectivity index (χ3n) is 2.92. The molecule has 0 radical (unpaired) electrons. The number of hydrogen-bond donors (Lipinski definition) is 1. The van der Waals surface area contributed by atoms with Crippen LogP contribution in [0, 0.1) is 0 Å². The molecule has 0 aliphatic heterocycles. The number of carbonyl (C=O) groups is 1. The van der Waals surface area contributed by atoms with Crippen molar-refractivity contribution in [3.63, 3.8) is 0 Å². The second-order valence-electron chi connectivity index (χ2n) is 4.06. The summed E-state index contributed by atoms with van der Waals surface area (Å²) < 4.78 is 0. The van der Waals surface area contributed by atoms with E-state index < -0.39 is 0 Å². The number of hydrogen-bond acceptors (Lipinski definition) is 2. The molecular weight excluding hydrogens is 224 g/mol. The normalized spacial score (nSPS) is 10.1. The molecule has 92 valence electrons. The van der Waals surface area contributed by atoms with Crippen LogP contribution in [-0.4, -0.2) is 13.0 Å². The van der Waals surface area contributed by atoms with Crippen molar-refractivity contribution >= 4 is 11.6 Å². The maximum Gasteiger partial charge on any atom is 0.258 e. The molecule has 2 aromatic carbocycles. The van der Waals surface area contributed by atoms with Crippen molar-refractivity contribution in [2.45, 2.75) is 6.54 Å². The number of benzene rings is 2. The Labute approximate surface area is 107 Å². The van der Waals surface area contributed by atoms with Crippen molar-refractivity contribution < 1.29 is 4.79 Å². The first-order chi connectivity index (χ1) is 8.74. The molecule has 0 atom stereocenters. The fraction of sp³-hybridized carbons (Fsp3) is 0.133. The van der Waals surface area contributed by atoms with Crippen LogP contribution in [0.5, 0.6) is 0 Å². The Bertz CT molecular complexity index is 537. The largest absolute Gasteiger partial charge is 0.326 e. The molecule has 0 fully saturated rings. The van der Waals surface area contributed by atoms with E-state index in [-0.39, 0.29) is 5.91 Å². The third kappa shape index (κ3) is 2.41. The Kier molecular flexibility index (Phi) is 3.75. The quantitative estimate of drug-likeness (QED) is 0.895. The smallest absolute Gasteiger partial charge is 0.258 e. The van der Waals surface area contributed by atoms with Gasteiger partial charge in [-0.05, 0) is 23.8 Å². The fourth-order valence-corrected chi connectivity index (χ4v) is 1.86. The van der Waals surface area contributed by atoms with E-state index in [9.17, 15) is 4.79 Å². The average Bonchev–Trinajstić information content (AvgIpc) is 2.46. The zero-order chi connectivity index (χ0) is 13.0. The minimum atomic E-state index is -0.0396. The molecule has 0 unspecified atom stereocenters. The van der Waals surface area contributed by atoms with Crippen LogP contribution in [0.3, 0.4) is 0 Å². The Morgan fingerprint density at radius 2 is 1.67 bits per heavy atom. The highest BCUT2D eigenvalue weighted by Crippen LogP contribution is 2.17. The Hall–Kier alpha value is -2.13. The first-order valence-corrected chi connectivity index (χ1v) is 5.85. The standard InChI is InChI=1S/C15H16N2O/c1-17(13-8-3-2-4-9-13)15(18)14-10-6-5-7-12(14)11-16/h2-10H,11,16H2,1H3. The van der Waals surface area contributed by atoms with E-state index in [1.807, 2.05) is 54.6 Å². The van der Waals surface area contributed by atoms with Crippen molar-refractivity contribution in [1.29, 1.82) is 0 Å². The molecule has 0 aliphatic carbocycles. The summed E-state index contributed by atoms with van der Waals surface area (Å²) in [7, 11) is 1.77. The lowest BCUT2D eigenvalue weighted by Crippen LogP contribution is -2.27. The molecule has 0 heterocycles. The molecule has 0 saturated heterocycles. The minimum absolute atomic E-state index is 0.0396. The number of carbonyl (C=O) groups excluding carboxylic acids is 1. The second-order valence-corrected chi connectivity index (χ2v) is 4.06. The van der Waals surface area contributed by atoms with Gasteiger partial charge in [-0.3, -0.25) is 4.79 Å². The summed E-state index contributed by atoms with van der Waals surface area (Å²) in [5.41, 5.74) is 8.05. The molecular formula is C15H16N2O. The highest BCUT2D eigenvalue weighted by Gasteiger charge is 2.15. The topological polar surface area (TPSA) is 46.3 Å². The van der Waals surface area contributed by atoms with E-state index in [0.717, 1.165) is 11.3 Å². The summed E-state index contributed by atoms with van der Waals surface area (Å²) in [4.78, 5) is 14.0. The number of para-hydroxylation sites is 1. The van der Waals surface area contributed by atoms with Gasteiger partial charge < -0.3 is 10.6 Å². The molecule has 2 aromatic rings. The lowest BCUT2D eigenvalue weighted by Gasteiger charge is -2.18. The first kappa shape index (κ1) is 12.3. The molecule has 0 aromatic heterocycles. The SMILES string of the molecule is CN(C(=O)c1ccccc1CN)c1ccccc1. The van der Waals surface area contributed by atoms with Gasteiger partial charge in [0, 0.05) is 24.8 Å². The molecule has 1 amide bonds. The number of amides is 1. The van der Waals surface area contributed by atoms with Crippen LogP contribution >= 0.6 is 0 Å². The van der Waals surface area contributed by atoms with Crippen LogP contribution in [-0.2, 0) is 6.54 Å². The van der Waals surface area contributed by atoms with Crippen LogP contribution < -0.4 is 10.6 Å². The number of nitrogens with zero attached hydrogens (tertiary/aromatic N) is 1. The molecule has 18 heavy (non-hydrogen) atoms. The van der Waals surface area contributed by atoms with Crippen molar-refractivity contribution in [2.75, 3.05) is 11.9 Å². The molecule has 0 aliphatic rings. The predicted octanol–water partition coefficient (Wildman–Crippen LogP) is 2.42. The second kappa shape index (κ2) is 5.47. The van der Waals surface area contributed by atoms with Gasteiger partial charge in [0.25, 0.3) is 5.91 Å². The molecule has 2 rings (SSSR count). The summed E-state index contributed by atoms with van der Waals surface area (Å²) in [6.45, 7) is 0.366. The van der Waals surface area contributed by atoms with Gasteiger partial charge in [-0.25, -0.2) is 0 Å². The van der Waals surface area contributed by atoms with Gasteiger partial charge in [-0.15, -0.1) is 0 Å². The van der Waals surface area contributed by atoms with E-state index >= 15 is 0 Å². The summed E-state index contributed by atoms with van der Waals surface area (Å²) in [6, 6.07) is 17.0. The number of rotatable bonds is 3. The van der Waals surface area contributed by atoms with E-state index in [0.29, 0.717) is 12.1 Å². The maximum absolute atomic E-state index is 12.4. The average molecular weight is 240 g/mol. The Morgan fingerprint density at radius 1 is 1.06 bits per heavy atom. The maximum atomic E-state index is 12.4. The predicted molar refractivity (Wildman–Crippen MR) is 73.5 cm³/mol. The van der Waals surface area contributed by atoms with Crippen molar-refractivity contribution in [2.24, 2.45) is 5.73 Å². The summed E-state index contributed by atoms with van der Waals surface area (Å²) >= 11 is 0. The van der Waals surface area contributed by atoms with Crippen LogP contribution in [0.15, 0.2) is 54.6 Å². The fourth-order valence-electron chi connectivity index (χ4n) is 1.86. The van der Waals surface area contributed by atoms with E-state index in [1.54, 1.807) is 11.9 Å². The van der Waals surface area contributed by atoms with Gasteiger partial charge in [-0.1, -0.05) is 36.4 Å². The molecule has 3 nitrogen and oxygen atoms in total. The Morgan fingerprint density at radius 3 is 2.33 bits per heavy atom. The zero-order valence-corrected chi connectivity index (χ0v) is 10.3. The van der Waals surface area contributed by atoms with E-state index in [2.05, 4.69) is 0 Å². The zero-order valence-electron chi connectivity index (χ0n) is 10.3. The lowest BCUT2D eigenvalue weighted by atomic mass is 10.1. The van der Waals surface area contributed by atoms with Crippen molar-refractivity contribution in [1.82, 2.24) is 0 Å². The summed E-state index contributed by atoms with van der Waals surface area (Å²) in [5, 5.41) is 0. The van der Waals surface area contributed by atoms with E-state index in [1.165, 1.54) is 0 Å². The summed E-state index contributed by atoms with van der Waals surface area (Å²) in [6.07, 6.45) is 0. The van der Waals surface area contributed by atoms with Gasteiger partial charge in [-0.2, -0.15) is 0 Å². The van der Waals surface area contributed by atoms with Gasteiger partial charge in [0.2, 0.25) is 0 Å². The van der Waals surface area contributed by atoms with Gasteiger partial charge in [0.05, 0.1) is 0 Å². The highest BCUT2D eigenvalue weighted by molar-refractivity contribution is 6.06. The monoisotopic (exact) mass is 240 g/mol. The van der Waals surface area contributed by atoms with Crippen LogP contribution in [0.25, 0.3) is 0 Å². The molecule has 0 spiro atoms. The summed E-state index contributed by atoms with van der Waals surface area (Å²) in [5.74, 6) is -0.0396. The van der Waals surface area contributed by atoms with Crippen LogP contribution in [0.2, 0.25) is 0 Å². The van der Waals surface area contributed by atoms with Crippen molar-refractivity contribution in [3.8, 4) is 0 Å². The van der Waals surface area contributed by atoms with Gasteiger partial charge >= 0.3 is 0 Å². The number of nitrogens with two attached hydrogens (primary N) is 1. The molecule has 2 N–H and O–H groups in total. The van der Waals surface area contributed by atoms with Crippen LogP contribution in [0.1, 0.15) is 15.9 Å². The van der Waals surface area contributed by atoms with Gasteiger partial charge in [0.1, 0.15) is 0 Å². The molecule has 0 bridgehead atoms. The third-order valence-corrected chi connectivity index (χ3v) is 2.92. The first-order valence-electron chi connectivity index (χ1n) is 5.85. The molecule has 0 saturated carbocycles. The highest BCUT2D eigenvalue weighted by atomic mass is 16.2. The van der Waals surface area contributed by atoms with Crippen molar-refractivity contribution in [3.05, 3.63) is 65.7 Å². The Balaban J connectivity index is 2.32. The van der Waals surface area contributed by atoms with Crippen LogP contribution in [0.4, 0.5) is 5.69 Å². The minimum Gasteiger partial charge on any atom is -0.326 e. The van der Waals surface area contributed by atoms with E-state index in [4.69, 9.17) is 5.73 Å². The van der Waals surface area contributed by atoms with Gasteiger partial charge in [0.15, 0.2) is 0 Å². The molecule has 3 heteroatoms. The number of anilines is 1. The lowest BCUT2D eigenvalue weighted by molar-refractivity contribution is 0.0992.